The first-order chi connectivity index (χ1) is 16.1. The lowest BCUT2D eigenvalue weighted by Crippen LogP contribution is -2.46. The Morgan fingerprint density at radius 2 is 1.82 bits per heavy atom. The van der Waals surface area contributed by atoms with Crippen molar-refractivity contribution in [2.24, 2.45) is 0 Å². The number of benzene rings is 2. The highest BCUT2D eigenvalue weighted by Gasteiger charge is 2.26. The maximum atomic E-state index is 13.1. The van der Waals surface area contributed by atoms with Crippen LogP contribution in [0.3, 0.4) is 0 Å². The summed E-state index contributed by atoms with van der Waals surface area (Å²) in [6.07, 6.45) is 1.49. The van der Waals surface area contributed by atoms with Crippen molar-refractivity contribution in [3.05, 3.63) is 59.1 Å². The summed E-state index contributed by atoms with van der Waals surface area (Å²) in [5, 5.41) is 3.11. The van der Waals surface area contributed by atoms with Crippen LogP contribution in [0.1, 0.15) is 32.3 Å². The van der Waals surface area contributed by atoms with E-state index in [1.54, 1.807) is 49.4 Å². The summed E-state index contributed by atoms with van der Waals surface area (Å²) < 4.78 is 31.5. The van der Waals surface area contributed by atoms with Gasteiger partial charge in [0.25, 0.3) is 0 Å². The summed E-state index contributed by atoms with van der Waals surface area (Å²) in [6.45, 7) is 4.37. The predicted octanol–water partition coefficient (Wildman–Crippen LogP) is 3.45. The van der Waals surface area contributed by atoms with Gasteiger partial charge in [0.15, 0.2) is 0 Å². The molecule has 0 aromatic heterocycles. The highest BCUT2D eigenvalue weighted by Crippen LogP contribution is 2.23. The van der Waals surface area contributed by atoms with E-state index in [0.717, 1.165) is 11.8 Å². The normalized spacial score (nSPS) is 12.0. The van der Waals surface area contributed by atoms with E-state index in [1.807, 2.05) is 13.0 Å². The molecule has 0 fully saturated rings. The number of rotatable bonds is 12. The minimum Gasteiger partial charge on any atom is -0.494 e. The molecule has 1 unspecified atom stereocenters. The largest absolute Gasteiger partial charge is 0.494 e. The number of carbonyl (C=O) groups is 2. The molecule has 8 nitrogen and oxygen atoms in total. The van der Waals surface area contributed by atoms with Gasteiger partial charge >= 0.3 is 0 Å². The third kappa shape index (κ3) is 7.92. The summed E-state index contributed by atoms with van der Waals surface area (Å²) >= 11 is 6.07. The molecule has 0 aliphatic rings. The molecule has 1 atom stereocenters. The van der Waals surface area contributed by atoms with E-state index in [2.05, 4.69) is 5.32 Å². The smallest absolute Gasteiger partial charge is 0.242 e. The molecular weight excluding hydrogens is 478 g/mol. The molecule has 2 aromatic rings. The van der Waals surface area contributed by atoms with Crippen molar-refractivity contribution in [2.45, 2.75) is 39.3 Å². The van der Waals surface area contributed by atoms with Crippen LogP contribution in [-0.4, -0.2) is 57.6 Å². The van der Waals surface area contributed by atoms with Gasteiger partial charge in [-0.1, -0.05) is 23.7 Å². The Morgan fingerprint density at radius 3 is 2.38 bits per heavy atom. The van der Waals surface area contributed by atoms with Crippen molar-refractivity contribution < 1.29 is 22.7 Å². The van der Waals surface area contributed by atoms with Crippen LogP contribution in [0, 0.1) is 0 Å². The van der Waals surface area contributed by atoms with Gasteiger partial charge in [-0.2, -0.15) is 0 Å². The van der Waals surface area contributed by atoms with E-state index < -0.39 is 16.1 Å². The number of likely N-dealkylation sites (N-methyl/N-ethyl adjacent to an activating group) is 1. The fraction of sp³-hybridized carbons (Fsp3) is 0.417. The zero-order chi connectivity index (χ0) is 25.3. The van der Waals surface area contributed by atoms with E-state index in [1.165, 1.54) is 16.3 Å². The van der Waals surface area contributed by atoms with Crippen molar-refractivity contribution >= 4 is 39.1 Å². The van der Waals surface area contributed by atoms with E-state index >= 15 is 0 Å². The number of halogens is 1. The van der Waals surface area contributed by atoms with Crippen LogP contribution in [-0.2, 0) is 26.2 Å². The third-order valence-electron chi connectivity index (χ3n) is 5.24. The maximum absolute atomic E-state index is 13.1. The first kappa shape index (κ1) is 27.5. The summed E-state index contributed by atoms with van der Waals surface area (Å²) in [5.41, 5.74) is 1.29. The zero-order valence-corrected chi connectivity index (χ0v) is 21.5. The number of carbonyl (C=O) groups excluding carboxylic acids is 2. The van der Waals surface area contributed by atoms with E-state index in [4.69, 9.17) is 16.3 Å². The molecule has 10 heteroatoms. The number of nitrogens with one attached hydrogen (secondary N) is 1. The quantitative estimate of drug-likeness (QED) is 0.472. The second-order valence-electron chi connectivity index (χ2n) is 7.81. The summed E-state index contributed by atoms with van der Waals surface area (Å²) in [5.74, 6) is 0.105. The fourth-order valence-electron chi connectivity index (χ4n) is 3.50. The standard InChI is InChI=1S/C24H32ClN3O5S/c1-5-33-22-13-11-21(12-14-22)28(34(4,31)32)15-7-10-23(29)27(18(2)24(30)26-3)17-19-8-6-9-20(25)16-19/h6,8-9,11-14,16,18H,5,7,10,15,17H2,1-4H3,(H,26,30). The Balaban J connectivity index is 2.13. The number of hydrogen-bond donors (Lipinski definition) is 1. The molecule has 1 N–H and O–H groups in total. The molecule has 186 valence electrons. The van der Waals surface area contributed by atoms with Gasteiger partial charge in [0.05, 0.1) is 18.6 Å². The van der Waals surface area contributed by atoms with Gasteiger partial charge in [0.1, 0.15) is 11.8 Å². The van der Waals surface area contributed by atoms with Gasteiger partial charge in [0, 0.05) is 31.6 Å². The highest BCUT2D eigenvalue weighted by molar-refractivity contribution is 7.92. The molecule has 0 heterocycles. The lowest BCUT2D eigenvalue weighted by Gasteiger charge is -2.29. The predicted molar refractivity (Wildman–Crippen MR) is 135 cm³/mol. The molecular formula is C24H32ClN3O5S. The van der Waals surface area contributed by atoms with Crippen molar-refractivity contribution in [3.8, 4) is 5.75 Å². The Morgan fingerprint density at radius 1 is 1.15 bits per heavy atom. The second-order valence-corrected chi connectivity index (χ2v) is 10.2. The first-order valence-electron chi connectivity index (χ1n) is 11.0. The number of amides is 2. The van der Waals surface area contributed by atoms with Gasteiger partial charge in [-0.3, -0.25) is 13.9 Å². The number of ether oxygens (including phenoxy) is 1. The Kier molecular flexibility index (Phi) is 10.2. The molecule has 0 bridgehead atoms. The van der Waals surface area contributed by atoms with Crippen molar-refractivity contribution in [3.63, 3.8) is 0 Å². The molecule has 0 saturated carbocycles. The summed E-state index contributed by atoms with van der Waals surface area (Å²) in [4.78, 5) is 26.8. The van der Waals surface area contributed by atoms with Gasteiger partial charge < -0.3 is 15.0 Å². The van der Waals surface area contributed by atoms with Crippen molar-refractivity contribution in [2.75, 3.05) is 30.8 Å². The topological polar surface area (TPSA) is 96.0 Å². The van der Waals surface area contributed by atoms with Gasteiger partial charge in [-0.15, -0.1) is 0 Å². The van der Waals surface area contributed by atoms with E-state index in [0.29, 0.717) is 23.1 Å². The molecule has 0 saturated heterocycles. The van der Waals surface area contributed by atoms with E-state index in [9.17, 15) is 18.0 Å². The highest BCUT2D eigenvalue weighted by atomic mass is 35.5. The van der Waals surface area contributed by atoms with Crippen LogP contribution < -0.4 is 14.4 Å². The van der Waals surface area contributed by atoms with Crippen LogP contribution in [0.5, 0.6) is 5.75 Å². The lowest BCUT2D eigenvalue weighted by atomic mass is 10.1. The summed E-state index contributed by atoms with van der Waals surface area (Å²) in [6, 6.07) is 13.2. The Bertz CT molecular complexity index is 1080. The third-order valence-corrected chi connectivity index (χ3v) is 6.67. The number of anilines is 1. The monoisotopic (exact) mass is 509 g/mol. The fourth-order valence-corrected chi connectivity index (χ4v) is 4.68. The number of nitrogens with zero attached hydrogens (tertiary/aromatic N) is 2. The second kappa shape index (κ2) is 12.6. The molecule has 2 amide bonds. The molecule has 0 aliphatic carbocycles. The average molecular weight is 510 g/mol. The number of sulfonamides is 1. The van der Waals surface area contributed by atoms with Crippen LogP contribution in [0.4, 0.5) is 5.69 Å². The maximum Gasteiger partial charge on any atom is 0.242 e. The van der Waals surface area contributed by atoms with Gasteiger partial charge in [0.2, 0.25) is 21.8 Å². The molecule has 0 spiro atoms. The first-order valence-corrected chi connectivity index (χ1v) is 13.3. The summed E-state index contributed by atoms with van der Waals surface area (Å²) in [7, 11) is -2.04. The SMILES string of the molecule is CCOc1ccc(N(CCCC(=O)N(Cc2cccc(Cl)c2)C(C)C(=O)NC)S(C)(=O)=O)cc1. The van der Waals surface area contributed by atoms with Crippen molar-refractivity contribution in [1.29, 1.82) is 0 Å². The average Bonchev–Trinajstić information content (AvgIpc) is 2.79. The van der Waals surface area contributed by atoms with Crippen LogP contribution in [0.2, 0.25) is 5.02 Å². The molecule has 34 heavy (non-hydrogen) atoms. The van der Waals surface area contributed by atoms with Crippen LogP contribution in [0.15, 0.2) is 48.5 Å². The molecule has 0 aliphatic heterocycles. The molecule has 2 aromatic carbocycles. The van der Waals surface area contributed by atoms with E-state index in [-0.39, 0.29) is 37.7 Å². The molecule has 0 radical (unpaired) electrons. The number of hydrogen-bond acceptors (Lipinski definition) is 5. The minimum atomic E-state index is -3.56. The van der Waals surface area contributed by atoms with Crippen molar-refractivity contribution in [1.82, 2.24) is 10.2 Å². The van der Waals surface area contributed by atoms with Crippen LogP contribution in [0.25, 0.3) is 0 Å². The van der Waals surface area contributed by atoms with Gasteiger partial charge in [-0.05, 0) is 62.2 Å². The Labute approximate surface area is 206 Å². The van der Waals surface area contributed by atoms with Gasteiger partial charge in [-0.25, -0.2) is 8.42 Å². The lowest BCUT2D eigenvalue weighted by molar-refractivity contribution is -0.140. The zero-order valence-electron chi connectivity index (χ0n) is 20.0. The van der Waals surface area contributed by atoms with Crippen LogP contribution >= 0.6 is 11.6 Å². The molecule has 2 rings (SSSR count). The Hall–Kier alpha value is -2.78. The minimum absolute atomic E-state index is 0.0744.